The first-order valence-electron chi connectivity index (χ1n) is 12.5. The molecule has 5 heteroatoms. The molecule has 0 amide bonds. The van der Waals surface area contributed by atoms with Crippen LogP contribution < -0.4 is 0 Å². The monoisotopic (exact) mass is 502 g/mol. The maximum absolute atomic E-state index is 13.2. The molecule has 1 aromatic heterocycles. The Hall–Kier alpha value is -4.64. The van der Waals surface area contributed by atoms with Gasteiger partial charge in [0.05, 0.1) is 12.8 Å². The number of pyridine rings is 1. The van der Waals surface area contributed by atoms with E-state index in [2.05, 4.69) is 48.1 Å². The van der Waals surface area contributed by atoms with Crippen LogP contribution in [0.15, 0.2) is 114 Å². The van der Waals surface area contributed by atoms with Crippen LogP contribution in [0.2, 0.25) is 0 Å². The Labute approximate surface area is 223 Å². The standard InChI is InChI=1S/C33H30N2O3/c1-23(2)24-15-17-25(18-16-24)28(27-12-9-21-34-22-27)19-20-31(33(37)38-3)35-30-14-8-7-13-29(30)32(36)26-10-5-4-6-11-26/h4-19,21-23H,20H2,1-3H3. The lowest BCUT2D eigenvalue weighted by Gasteiger charge is -2.12. The third kappa shape index (κ3) is 6.37. The van der Waals surface area contributed by atoms with Crippen LogP contribution >= 0.6 is 0 Å². The number of hydrogen-bond donors (Lipinski definition) is 0. The minimum Gasteiger partial charge on any atom is -0.465 e. The molecule has 0 saturated carbocycles. The van der Waals surface area contributed by atoms with E-state index in [1.165, 1.54) is 12.7 Å². The molecular weight excluding hydrogens is 472 g/mol. The fourth-order valence-electron chi connectivity index (χ4n) is 4.12. The van der Waals surface area contributed by atoms with Crippen molar-refractivity contribution in [1.82, 2.24) is 4.98 Å². The smallest absolute Gasteiger partial charge is 0.352 e. The highest BCUT2D eigenvalue weighted by Gasteiger charge is 2.17. The highest BCUT2D eigenvalue weighted by atomic mass is 16.5. The summed E-state index contributed by atoms with van der Waals surface area (Å²) < 4.78 is 5.06. The van der Waals surface area contributed by atoms with Crippen LogP contribution in [0.3, 0.4) is 0 Å². The van der Waals surface area contributed by atoms with Gasteiger partial charge in [-0.1, -0.05) is 92.7 Å². The predicted octanol–water partition coefficient (Wildman–Crippen LogP) is 7.20. The number of esters is 1. The number of ketones is 1. The molecule has 0 fully saturated rings. The Bertz CT molecular complexity index is 1460. The van der Waals surface area contributed by atoms with Gasteiger partial charge in [-0.15, -0.1) is 0 Å². The lowest BCUT2D eigenvalue weighted by Crippen LogP contribution is -2.15. The Morgan fingerprint density at radius 1 is 0.842 bits per heavy atom. The molecule has 0 atom stereocenters. The molecule has 0 aliphatic carbocycles. The molecular formula is C33H30N2O3. The van der Waals surface area contributed by atoms with E-state index in [9.17, 15) is 9.59 Å². The summed E-state index contributed by atoms with van der Waals surface area (Å²) in [5.41, 5.74) is 5.69. The first-order valence-corrected chi connectivity index (χ1v) is 12.5. The molecule has 0 aliphatic heterocycles. The Morgan fingerprint density at radius 2 is 1.53 bits per heavy atom. The van der Waals surface area contributed by atoms with Crippen molar-refractivity contribution < 1.29 is 14.3 Å². The maximum atomic E-state index is 13.2. The highest BCUT2D eigenvalue weighted by Crippen LogP contribution is 2.27. The number of ether oxygens (including phenoxy) is 1. The molecule has 3 aromatic carbocycles. The van der Waals surface area contributed by atoms with E-state index in [-0.39, 0.29) is 17.9 Å². The minimum atomic E-state index is -0.552. The second-order valence-electron chi connectivity index (χ2n) is 9.10. The van der Waals surface area contributed by atoms with Crippen LogP contribution in [0.1, 0.15) is 58.8 Å². The van der Waals surface area contributed by atoms with E-state index in [0.717, 1.165) is 16.7 Å². The number of hydrogen-bond acceptors (Lipinski definition) is 5. The molecule has 0 unspecified atom stereocenters. The zero-order chi connectivity index (χ0) is 26.9. The van der Waals surface area contributed by atoms with E-state index in [4.69, 9.17) is 4.74 Å². The second-order valence-corrected chi connectivity index (χ2v) is 9.10. The lowest BCUT2D eigenvalue weighted by atomic mass is 9.94. The number of carbonyl (C=O) groups is 2. The number of rotatable bonds is 9. The zero-order valence-electron chi connectivity index (χ0n) is 21.8. The quantitative estimate of drug-likeness (QED) is 0.138. The van der Waals surface area contributed by atoms with Crippen LogP contribution in [0.4, 0.5) is 5.69 Å². The Kier molecular flexibility index (Phi) is 8.73. The highest BCUT2D eigenvalue weighted by molar-refractivity contribution is 6.37. The summed E-state index contributed by atoms with van der Waals surface area (Å²) in [6.45, 7) is 4.32. The molecule has 4 aromatic rings. The van der Waals surface area contributed by atoms with Gasteiger partial charge in [0.1, 0.15) is 5.71 Å². The van der Waals surface area contributed by atoms with Crippen molar-refractivity contribution in [1.29, 1.82) is 0 Å². The van der Waals surface area contributed by atoms with Crippen molar-refractivity contribution in [2.75, 3.05) is 7.11 Å². The molecule has 0 aliphatic rings. The summed E-state index contributed by atoms with van der Waals surface area (Å²) in [7, 11) is 1.33. The van der Waals surface area contributed by atoms with Crippen LogP contribution in [0.5, 0.6) is 0 Å². The third-order valence-corrected chi connectivity index (χ3v) is 6.22. The van der Waals surface area contributed by atoms with Gasteiger partial charge in [0.25, 0.3) is 0 Å². The van der Waals surface area contributed by atoms with Crippen molar-refractivity contribution in [2.45, 2.75) is 26.2 Å². The summed E-state index contributed by atoms with van der Waals surface area (Å²) in [5, 5.41) is 0. The van der Waals surface area contributed by atoms with Crippen LogP contribution in [0, 0.1) is 0 Å². The summed E-state index contributed by atoms with van der Waals surface area (Å²) in [6.07, 6.45) is 5.69. The van der Waals surface area contributed by atoms with Gasteiger partial charge >= 0.3 is 5.97 Å². The molecule has 190 valence electrons. The number of para-hydroxylation sites is 1. The maximum Gasteiger partial charge on any atom is 0.352 e. The van der Waals surface area contributed by atoms with Gasteiger partial charge in [-0.05, 0) is 40.8 Å². The Morgan fingerprint density at radius 3 is 2.18 bits per heavy atom. The molecule has 5 nitrogen and oxygen atoms in total. The van der Waals surface area contributed by atoms with Gasteiger partial charge in [0.15, 0.2) is 5.78 Å². The molecule has 0 bridgehead atoms. The fraction of sp³-hybridized carbons (Fsp3) is 0.152. The average Bonchev–Trinajstić information content (AvgIpc) is 2.97. The first-order chi connectivity index (χ1) is 18.5. The zero-order valence-corrected chi connectivity index (χ0v) is 21.8. The summed E-state index contributed by atoms with van der Waals surface area (Å²) in [6, 6.07) is 28.3. The Balaban J connectivity index is 1.74. The van der Waals surface area contributed by atoms with Crippen molar-refractivity contribution in [2.24, 2.45) is 4.99 Å². The number of methoxy groups -OCH3 is 1. The molecule has 0 radical (unpaired) electrons. The molecule has 4 rings (SSSR count). The van der Waals surface area contributed by atoms with E-state index >= 15 is 0 Å². The number of benzene rings is 3. The number of carbonyl (C=O) groups excluding carboxylic acids is 2. The fourth-order valence-corrected chi connectivity index (χ4v) is 4.12. The molecule has 0 spiro atoms. The summed E-state index contributed by atoms with van der Waals surface area (Å²) >= 11 is 0. The van der Waals surface area contributed by atoms with Crippen LogP contribution in [0.25, 0.3) is 5.57 Å². The second kappa shape index (κ2) is 12.5. The topological polar surface area (TPSA) is 68.6 Å². The van der Waals surface area contributed by atoms with Gasteiger partial charge in [-0.2, -0.15) is 0 Å². The predicted molar refractivity (Wildman–Crippen MR) is 152 cm³/mol. The van der Waals surface area contributed by atoms with Gasteiger partial charge < -0.3 is 4.74 Å². The number of nitrogens with zero attached hydrogens (tertiary/aromatic N) is 2. The SMILES string of the molecule is COC(=O)C(CC=C(c1ccc(C(C)C)cc1)c1cccnc1)=Nc1ccccc1C(=O)c1ccccc1. The van der Waals surface area contributed by atoms with Crippen molar-refractivity contribution >= 4 is 28.7 Å². The van der Waals surface area contributed by atoms with E-state index in [0.29, 0.717) is 22.7 Å². The van der Waals surface area contributed by atoms with E-state index in [1.54, 1.807) is 48.8 Å². The number of aromatic nitrogens is 1. The number of allylic oxidation sites excluding steroid dienone is 1. The number of aliphatic imine (C=N–C) groups is 1. The van der Waals surface area contributed by atoms with E-state index in [1.807, 2.05) is 36.4 Å². The van der Waals surface area contributed by atoms with Gasteiger partial charge in [0.2, 0.25) is 0 Å². The minimum absolute atomic E-state index is 0.161. The summed E-state index contributed by atoms with van der Waals surface area (Å²) in [4.78, 5) is 34.9. The first kappa shape index (κ1) is 26.4. The lowest BCUT2D eigenvalue weighted by molar-refractivity contribution is -0.132. The molecule has 0 saturated heterocycles. The largest absolute Gasteiger partial charge is 0.465 e. The van der Waals surface area contributed by atoms with E-state index < -0.39 is 5.97 Å². The third-order valence-electron chi connectivity index (χ3n) is 6.22. The average molecular weight is 503 g/mol. The van der Waals surface area contributed by atoms with Crippen molar-refractivity contribution in [3.63, 3.8) is 0 Å². The molecule has 1 heterocycles. The van der Waals surface area contributed by atoms with Crippen LogP contribution in [-0.4, -0.2) is 29.6 Å². The summed E-state index contributed by atoms with van der Waals surface area (Å²) in [5.74, 6) is -0.290. The molecule has 0 N–H and O–H groups in total. The van der Waals surface area contributed by atoms with Crippen molar-refractivity contribution in [3.05, 3.63) is 137 Å². The van der Waals surface area contributed by atoms with Crippen molar-refractivity contribution in [3.8, 4) is 0 Å². The van der Waals surface area contributed by atoms with Crippen LogP contribution in [-0.2, 0) is 9.53 Å². The molecule has 38 heavy (non-hydrogen) atoms. The van der Waals surface area contributed by atoms with Gasteiger partial charge in [-0.25, -0.2) is 9.79 Å². The van der Waals surface area contributed by atoms with Gasteiger partial charge in [0, 0.05) is 35.5 Å². The normalized spacial score (nSPS) is 11.9. The van der Waals surface area contributed by atoms with Gasteiger partial charge in [-0.3, -0.25) is 9.78 Å².